The van der Waals surface area contributed by atoms with Crippen molar-refractivity contribution in [3.63, 3.8) is 0 Å². The van der Waals surface area contributed by atoms with Crippen LogP contribution in [0.2, 0.25) is 0 Å². The monoisotopic (exact) mass is 364 g/mol. The van der Waals surface area contributed by atoms with E-state index in [2.05, 4.69) is 25.2 Å². The van der Waals surface area contributed by atoms with Gasteiger partial charge in [-0.15, -0.1) is 0 Å². The Hall–Kier alpha value is -2.93. The number of H-pyrrole nitrogens is 1. The van der Waals surface area contributed by atoms with E-state index < -0.39 is 0 Å². The van der Waals surface area contributed by atoms with Gasteiger partial charge in [0.2, 0.25) is 5.91 Å². The van der Waals surface area contributed by atoms with Crippen LogP contribution in [0.25, 0.3) is 11.0 Å². The molecule has 3 aromatic rings. The Morgan fingerprint density at radius 2 is 2.15 bits per heavy atom. The van der Waals surface area contributed by atoms with Gasteiger partial charge in [-0.25, -0.2) is 9.97 Å². The quantitative estimate of drug-likeness (QED) is 0.644. The SMILES string of the molecule is N[C@@H](CC(=O)NC1CCCN(c2ncnc3[nH]ccc23)C1)c1ccccc1. The Bertz CT molecular complexity index is 909. The topological polar surface area (TPSA) is 99.9 Å². The first-order valence-corrected chi connectivity index (χ1v) is 9.33. The van der Waals surface area contributed by atoms with Crippen molar-refractivity contribution in [1.82, 2.24) is 20.3 Å². The van der Waals surface area contributed by atoms with E-state index in [1.165, 1.54) is 0 Å². The van der Waals surface area contributed by atoms with Crippen molar-refractivity contribution >= 4 is 22.8 Å². The molecular formula is C20H24N6O. The maximum absolute atomic E-state index is 12.5. The predicted molar refractivity (Wildman–Crippen MR) is 105 cm³/mol. The van der Waals surface area contributed by atoms with Gasteiger partial charge in [0.1, 0.15) is 17.8 Å². The molecule has 0 aliphatic carbocycles. The minimum atomic E-state index is -0.285. The molecule has 1 amide bonds. The van der Waals surface area contributed by atoms with Gasteiger partial charge in [0.05, 0.1) is 5.39 Å². The minimum absolute atomic E-state index is 0.00678. The Balaban J connectivity index is 1.38. The number of nitrogens with zero attached hydrogens (tertiary/aromatic N) is 3. The second-order valence-electron chi connectivity index (χ2n) is 7.01. The summed E-state index contributed by atoms with van der Waals surface area (Å²) in [6.07, 6.45) is 5.71. The van der Waals surface area contributed by atoms with Gasteiger partial charge in [-0.3, -0.25) is 4.79 Å². The Morgan fingerprint density at radius 3 is 3.00 bits per heavy atom. The number of aromatic nitrogens is 3. The maximum Gasteiger partial charge on any atom is 0.222 e. The second kappa shape index (κ2) is 7.75. The summed E-state index contributed by atoms with van der Waals surface area (Å²) in [5, 5.41) is 4.16. The summed E-state index contributed by atoms with van der Waals surface area (Å²) in [5.74, 6) is 0.911. The molecule has 3 heterocycles. The van der Waals surface area contributed by atoms with Crippen LogP contribution in [0.1, 0.15) is 30.9 Å². The lowest BCUT2D eigenvalue weighted by molar-refractivity contribution is -0.122. The summed E-state index contributed by atoms with van der Waals surface area (Å²) in [6, 6.07) is 11.5. The highest BCUT2D eigenvalue weighted by atomic mass is 16.1. The molecule has 1 aliphatic rings. The number of amides is 1. The summed E-state index contributed by atoms with van der Waals surface area (Å²) in [4.78, 5) is 26.5. The molecule has 1 aliphatic heterocycles. The van der Waals surface area contributed by atoms with E-state index in [1.807, 2.05) is 42.6 Å². The average molecular weight is 364 g/mol. The molecule has 0 radical (unpaired) electrons. The van der Waals surface area contributed by atoms with E-state index in [4.69, 9.17) is 5.73 Å². The van der Waals surface area contributed by atoms with Crippen LogP contribution in [0.4, 0.5) is 5.82 Å². The third-order valence-corrected chi connectivity index (χ3v) is 5.05. The molecule has 4 rings (SSSR count). The molecule has 1 saturated heterocycles. The number of carbonyl (C=O) groups excluding carboxylic acids is 1. The van der Waals surface area contributed by atoms with Gasteiger partial charge < -0.3 is 20.9 Å². The lowest BCUT2D eigenvalue weighted by atomic mass is 10.0. The molecule has 1 aromatic carbocycles. The summed E-state index contributed by atoms with van der Waals surface area (Å²) >= 11 is 0. The van der Waals surface area contributed by atoms with Crippen LogP contribution >= 0.6 is 0 Å². The molecule has 1 fully saturated rings. The number of piperidine rings is 1. The highest BCUT2D eigenvalue weighted by Crippen LogP contribution is 2.25. The minimum Gasteiger partial charge on any atom is -0.354 e. The summed E-state index contributed by atoms with van der Waals surface area (Å²) in [5.41, 5.74) is 7.99. The number of carbonyl (C=O) groups is 1. The van der Waals surface area contributed by atoms with Gasteiger partial charge in [-0.05, 0) is 24.5 Å². The van der Waals surface area contributed by atoms with E-state index >= 15 is 0 Å². The van der Waals surface area contributed by atoms with E-state index in [9.17, 15) is 4.79 Å². The van der Waals surface area contributed by atoms with Gasteiger partial charge in [-0.2, -0.15) is 0 Å². The lowest BCUT2D eigenvalue weighted by Gasteiger charge is -2.34. The van der Waals surface area contributed by atoms with Crippen molar-refractivity contribution in [3.05, 3.63) is 54.5 Å². The second-order valence-corrected chi connectivity index (χ2v) is 7.01. The van der Waals surface area contributed by atoms with E-state index in [1.54, 1.807) is 6.33 Å². The highest BCUT2D eigenvalue weighted by Gasteiger charge is 2.24. The number of rotatable bonds is 5. The van der Waals surface area contributed by atoms with Gasteiger partial charge in [0.25, 0.3) is 0 Å². The first-order chi connectivity index (χ1) is 13.2. The largest absolute Gasteiger partial charge is 0.354 e. The lowest BCUT2D eigenvalue weighted by Crippen LogP contribution is -2.48. The number of fused-ring (bicyclic) bond motifs is 1. The summed E-state index contributed by atoms with van der Waals surface area (Å²) < 4.78 is 0. The molecule has 7 nitrogen and oxygen atoms in total. The Kier molecular flexibility index (Phi) is 5.02. The molecule has 2 atom stereocenters. The zero-order chi connectivity index (χ0) is 18.6. The number of hydrogen-bond acceptors (Lipinski definition) is 5. The van der Waals surface area contributed by atoms with Gasteiger partial charge in [0.15, 0.2) is 0 Å². The number of nitrogens with one attached hydrogen (secondary N) is 2. The van der Waals surface area contributed by atoms with E-state index in [0.717, 1.165) is 48.3 Å². The molecule has 7 heteroatoms. The fourth-order valence-corrected chi connectivity index (χ4v) is 3.70. The highest BCUT2D eigenvalue weighted by molar-refractivity contribution is 5.87. The molecule has 4 N–H and O–H groups in total. The van der Waals surface area contributed by atoms with Gasteiger partial charge >= 0.3 is 0 Å². The van der Waals surface area contributed by atoms with Crippen molar-refractivity contribution in [3.8, 4) is 0 Å². The van der Waals surface area contributed by atoms with Crippen LogP contribution in [0.3, 0.4) is 0 Å². The smallest absolute Gasteiger partial charge is 0.222 e. The third-order valence-electron chi connectivity index (χ3n) is 5.05. The molecule has 0 bridgehead atoms. The number of nitrogens with two attached hydrogens (primary N) is 1. The van der Waals surface area contributed by atoms with Crippen molar-refractivity contribution in [1.29, 1.82) is 0 Å². The molecule has 27 heavy (non-hydrogen) atoms. The molecule has 0 saturated carbocycles. The van der Waals surface area contributed by atoms with Crippen molar-refractivity contribution in [2.45, 2.75) is 31.3 Å². The number of benzene rings is 1. The molecule has 140 valence electrons. The molecule has 2 aromatic heterocycles. The first-order valence-electron chi connectivity index (χ1n) is 9.33. The number of anilines is 1. The van der Waals surface area contributed by atoms with E-state index in [-0.39, 0.29) is 24.4 Å². The molecule has 1 unspecified atom stereocenters. The summed E-state index contributed by atoms with van der Waals surface area (Å²) in [6.45, 7) is 1.66. The van der Waals surface area contributed by atoms with Crippen molar-refractivity contribution < 1.29 is 4.79 Å². The fraction of sp³-hybridized carbons (Fsp3) is 0.350. The average Bonchev–Trinajstić information content (AvgIpc) is 3.17. The zero-order valence-corrected chi connectivity index (χ0v) is 15.1. The first kappa shape index (κ1) is 17.5. The maximum atomic E-state index is 12.5. The van der Waals surface area contributed by atoms with Crippen LogP contribution in [0.15, 0.2) is 48.9 Å². The Labute approximate surface area is 158 Å². The van der Waals surface area contributed by atoms with Crippen LogP contribution in [-0.2, 0) is 4.79 Å². The van der Waals surface area contributed by atoms with Crippen molar-refractivity contribution in [2.75, 3.05) is 18.0 Å². The number of hydrogen-bond donors (Lipinski definition) is 3. The standard InChI is InChI=1S/C20H24N6O/c21-17(14-5-2-1-3-6-14)11-18(27)25-15-7-4-10-26(12-15)20-16-8-9-22-19(16)23-13-24-20/h1-3,5-6,8-9,13,15,17H,4,7,10-12,21H2,(H,25,27)(H,22,23,24)/t15?,17-/m0/s1. The van der Waals surface area contributed by atoms with Crippen LogP contribution in [0.5, 0.6) is 0 Å². The molecule has 0 spiro atoms. The fourth-order valence-electron chi connectivity index (χ4n) is 3.70. The van der Waals surface area contributed by atoms with Crippen LogP contribution < -0.4 is 16.0 Å². The van der Waals surface area contributed by atoms with E-state index in [0.29, 0.717) is 0 Å². The third kappa shape index (κ3) is 3.93. The van der Waals surface area contributed by atoms with Gasteiger partial charge in [-0.1, -0.05) is 30.3 Å². The zero-order valence-electron chi connectivity index (χ0n) is 15.1. The normalized spacial score (nSPS) is 18.4. The van der Waals surface area contributed by atoms with Crippen molar-refractivity contribution in [2.24, 2.45) is 5.73 Å². The number of aromatic amines is 1. The Morgan fingerprint density at radius 1 is 1.30 bits per heavy atom. The molecular weight excluding hydrogens is 340 g/mol. The van der Waals surface area contributed by atoms with Gasteiger partial charge in [0, 0.05) is 37.8 Å². The summed E-state index contributed by atoms with van der Waals surface area (Å²) in [7, 11) is 0. The predicted octanol–water partition coefficient (Wildman–Crippen LogP) is 2.13. The van der Waals surface area contributed by atoms with Crippen LogP contribution in [-0.4, -0.2) is 40.0 Å². The van der Waals surface area contributed by atoms with Crippen LogP contribution in [0, 0.1) is 0 Å².